The molecule has 21 heavy (non-hydrogen) atoms. The molecular formula is C15H16ClNaO4. The minimum atomic E-state index is -0.882. The fourth-order valence-electron chi connectivity index (χ4n) is 2.44. The summed E-state index contributed by atoms with van der Waals surface area (Å²) in [5.74, 6) is -2.41. The van der Waals surface area contributed by atoms with E-state index in [-0.39, 0.29) is 55.6 Å². The smallest absolute Gasteiger partial charge is 1.00 e. The number of hydrogen-bond acceptors (Lipinski definition) is 4. The second-order valence-corrected chi connectivity index (χ2v) is 5.00. The summed E-state index contributed by atoms with van der Waals surface area (Å²) >= 11 is 6.14. The van der Waals surface area contributed by atoms with Crippen LogP contribution in [0.3, 0.4) is 0 Å². The molecule has 0 saturated carbocycles. The van der Waals surface area contributed by atoms with Gasteiger partial charge in [0.2, 0.25) is 0 Å². The molecule has 0 bridgehead atoms. The molecule has 6 heteroatoms. The van der Waals surface area contributed by atoms with Gasteiger partial charge in [-0.15, -0.1) is 0 Å². The predicted octanol–water partition coefficient (Wildman–Crippen LogP) is 0.134. The number of allylic oxidation sites excluding steroid dienone is 1. The zero-order valence-electron chi connectivity index (χ0n) is 13.0. The Balaban J connectivity index is 0.00000220. The Morgan fingerprint density at radius 2 is 2.14 bits per heavy atom. The van der Waals surface area contributed by atoms with Gasteiger partial charge in [-0.05, 0) is 18.6 Å². The van der Waals surface area contributed by atoms with Crippen LogP contribution in [0.4, 0.5) is 0 Å². The molecule has 0 spiro atoms. The first-order valence-corrected chi connectivity index (χ1v) is 6.76. The minimum absolute atomic E-state index is 0. The molecule has 0 fully saturated rings. The predicted molar refractivity (Wildman–Crippen MR) is 75.8 cm³/mol. The van der Waals surface area contributed by atoms with Crippen LogP contribution in [-0.2, 0) is 14.3 Å². The maximum Gasteiger partial charge on any atom is 1.00 e. The van der Waals surface area contributed by atoms with Gasteiger partial charge in [0.05, 0.1) is 6.61 Å². The number of rotatable bonds is 3. The average Bonchev–Trinajstić information content (AvgIpc) is 2.38. The van der Waals surface area contributed by atoms with Crippen molar-refractivity contribution in [1.29, 1.82) is 0 Å². The van der Waals surface area contributed by atoms with Gasteiger partial charge in [0.1, 0.15) is 11.7 Å². The Labute approximate surface area is 151 Å². The molecule has 108 valence electrons. The third kappa shape index (κ3) is 4.10. The van der Waals surface area contributed by atoms with Crippen molar-refractivity contribution in [3.63, 3.8) is 0 Å². The quantitative estimate of drug-likeness (QED) is 0.636. The largest absolute Gasteiger partial charge is 1.00 e. The summed E-state index contributed by atoms with van der Waals surface area (Å²) in [4.78, 5) is 23.7. The van der Waals surface area contributed by atoms with E-state index in [0.717, 1.165) is 6.08 Å². The molecule has 0 radical (unpaired) electrons. The number of hydrogen-bond donors (Lipinski definition) is 1. The van der Waals surface area contributed by atoms with Gasteiger partial charge in [-0.25, -0.2) is 0 Å². The fourth-order valence-corrected chi connectivity index (χ4v) is 2.71. The maximum absolute atomic E-state index is 12.0. The summed E-state index contributed by atoms with van der Waals surface area (Å²) in [6.07, 6.45) is 1.21. The summed E-state index contributed by atoms with van der Waals surface area (Å²) in [7, 11) is 0. The molecule has 2 unspecified atom stereocenters. The first-order chi connectivity index (χ1) is 9.54. The standard InChI is InChI=1S/C15H15ClO4.Na.H/c1-2-20-15(19)14-11(7-9(17)8-13(14)18)10-5-3-4-6-12(10)16;;/h3-6,8,11,14,18H,2,7H2,1H3;;/q;+1;-1. The minimum Gasteiger partial charge on any atom is -1.00 e. The number of halogens is 1. The number of ether oxygens (including phenoxy) is 1. The first kappa shape index (κ1) is 18.2. The van der Waals surface area contributed by atoms with E-state index >= 15 is 0 Å². The molecule has 2 atom stereocenters. The molecule has 0 heterocycles. The molecule has 0 aliphatic heterocycles. The van der Waals surface area contributed by atoms with Crippen molar-refractivity contribution in [2.75, 3.05) is 6.61 Å². The zero-order chi connectivity index (χ0) is 14.7. The van der Waals surface area contributed by atoms with E-state index in [4.69, 9.17) is 16.3 Å². The summed E-state index contributed by atoms with van der Waals surface area (Å²) in [5.41, 5.74) is 0.667. The molecule has 2 rings (SSSR count). The monoisotopic (exact) mass is 318 g/mol. The molecular weight excluding hydrogens is 303 g/mol. The molecule has 0 amide bonds. The van der Waals surface area contributed by atoms with Crippen molar-refractivity contribution < 1.29 is 50.4 Å². The van der Waals surface area contributed by atoms with Crippen LogP contribution in [0.2, 0.25) is 5.02 Å². The fraction of sp³-hybridized carbons (Fsp3) is 0.333. The van der Waals surface area contributed by atoms with E-state index in [0.29, 0.717) is 10.6 Å². The van der Waals surface area contributed by atoms with Gasteiger partial charge in [-0.3, -0.25) is 9.59 Å². The van der Waals surface area contributed by atoms with Crippen LogP contribution in [0.1, 0.15) is 26.3 Å². The number of aliphatic hydroxyl groups is 1. The third-order valence-electron chi connectivity index (χ3n) is 3.30. The average molecular weight is 319 g/mol. The normalized spacial score (nSPS) is 21.2. The number of ketones is 1. The summed E-state index contributed by atoms with van der Waals surface area (Å²) in [6.45, 7) is 1.91. The number of carbonyl (C=O) groups is 2. The van der Waals surface area contributed by atoms with Crippen molar-refractivity contribution in [3.8, 4) is 0 Å². The van der Waals surface area contributed by atoms with Crippen molar-refractivity contribution >= 4 is 23.4 Å². The van der Waals surface area contributed by atoms with E-state index in [9.17, 15) is 14.7 Å². The topological polar surface area (TPSA) is 63.6 Å². The van der Waals surface area contributed by atoms with Gasteiger partial charge in [-0.1, -0.05) is 29.8 Å². The number of aliphatic hydroxyl groups excluding tert-OH is 1. The molecule has 1 aliphatic rings. The summed E-state index contributed by atoms with van der Waals surface area (Å²) < 4.78 is 4.98. The molecule has 0 aromatic heterocycles. The van der Waals surface area contributed by atoms with E-state index < -0.39 is 17.8 Å². The van der Waals surface area contributed by atoms with Crippen LogP contribution in [0.15, 0.2) is 36.1 Å². The van der Waals surface area contributed by atoms with Crippen molar-refractivity contribution in [2.24, 2.45) is 5.92 Å². The van der Waals surface area contributed by atoms with Crippen molar-refractivity contribution in [2.45, 2.75) is 19.3 Å². The first-order valence-electron chi connectivity index (χ1n) is 6.39. The number of esters is 1. The zero-order valence-corrected chi connectivity index (χ0v) is 14.8. The Hall–Kier alpha value is -0.810. The second kappa shape index (κ2) is 7.99. The van der Waals surface area contributed by atoms with Gasteiger partial charge in [0.15, 0.2) is 5.78 Å². The number of benzene rings is 1. The van der Waals surface area contributed by atoms with Crippen LogP contribution in [0, 0.1) is 5.92 Å². The molecule has 0 saturated heterocycles. The molecule has 1 aromatic rings. The Morgan fingerprint density at radius 3 is 2.76 bits per heavy atom. The van der Waals surface area contributed by atoms with E-state index in [1.165, 1.54) is 0 Å². The SMILES string of the molecule is CCOC(=O)C1C(O)=CC(=O)CC1c1ccccc1Cl.[H-].[Na+]. The van der Waals surface area contributed by atoms with Crippen LogP contribution in [0.25, 0.3) is 0 Å². The van der Waals surface area contributed by atoms with Gasteiger partial charge in [0, 0.05) is 23.4 Å². The van der Waals surface area contributed by atoms with Gasteiger partial charge in [0.25, 0.3) is 0 Å². The molecule has 1 N–H and O–H groups in total. The van der Waals surface area contributed by atoms with E-state index in [1.807, 2.05) is 0 Å². The molecule has 1 aliphatic carbocycles. The van der Waals surface area contributed by atoms with Crippen molar-refractivity contribution in [1.82, 2.24) is 0 Å². The van der Waals surface area contributed by atoms with Gasteiger partial charge in [-0.2, -0.15) is 0 Å². The van der Waals surface area contributed by atoms with E-state index in [1.54, 1.807) is 31.2 Å². The van der Waals surface area contributed by atoms with Crippen LogP contribution < -0.4 is 29.6 Å². The van der Waals surface area contributed by atoms with Crippen LogP contribution >= 0.6 is 11.6 Å². The second-order valence-electron chi connectivity index (χ2n) is 4.60. The number of carbonyl (C=O) groups excluding carboxylic acids is 2. The maximum atomic E-state index is 12.0. The third-order valence-corrected chi connectivity index (χ3v) is 3.64. The van der Waals surface area contributed by atoms with Crippen LogP contribution in [-0.4, -0.2) is 23.5 Å². The Morgan fingerprint density at radius 1 is 1.48 bits per heavy atom. The van der Waals surface area contributed by atoms with Crippen LogP contribution in [0.5, 0.6) is 0 Å². The Kier molecular flexibility index (Phi) is 6.94. The van der Waals surface area contributed by atoms with Crippen molar-refractivity contribution in [3.05, 3.63) is 46.7 Å². The Bertz CT molecular complexity index is 576. The summed E-state index contributed by atoms with van der Waals surface area (Å²) in [5, 5.41) is 10.4. The van der Waals surface area contributed by atoms with E-state index in [2.05, 4.69) is 0 Å². The molecule has 1 aromatic carbocycles. The van der Waals surface area contributed by atoms with Gasteiger partial charge < -0.3 is 11.3 Å². The molecule has 4 nitrogen and oxygen atoms in total. The van der Waals surface area contributed by atoms with Gasteiger partial charge >= 0.3 is 35.5 Å². The summed E-state index contributed by atoms with van der Waals surface area (Å²) in [6, 6.07) is 7.00.